The number of rotatable bonds is 8. The zero-order valence-corrected chi connectivity index (χ0v) is 19.5. The number of aromatic nitrogens is 3. The van der Waals surface area contributed by atoms with Crippen molar-refractivity contribution >= 4 is 0 Å². The van der Waals surface area contributed by atoms with Crippen LogP contribution in [0.15, 0.2) is 29.1 Å². The molecule has 29 heavy (non-hydrogen) atoms. The fourth-order valence-electron chi connectivity index (χ4n) is 4.20. The number of aryl methyl sites for hydroxylation is 2. The zero-order chi connectivity index (χ0) is 20.4. The van der Waals surface area contributed by atoms with Crippen molar-refractivity contribution in [3.63, 3.8) is 0 Å². The maximum atomic E-state index is 12.1. The average Bonchev–Trinajstić information content (AvgIpc) is 3.11. The third-order valence-corrected chi connectivity index (χ3v) is 9.70. The number of methoxy groups -OCH3 is 1. The molecule has 2 fully saturated rings. The van der Waals surface area contributed by atoms with Crippen LogP contribution in [0.4, 0.5) is 0 Å². The third kappa shape index (κ3) is 4.69. The first kappa shape index (κ1) is 20.9. The molecule has 4 rings (SSSR count). The van der Waals surface area contributed by atoms with E-state index in [1.807, 2.05) is 19.1 Å². The van der Waals surface area contributed by atoms with Crippen LogP contribution in [0.25, 0.3) is 0 Å². The molecular formula is C21H30IN4O3-. The standard InChI is InChI=1S/C21H30IN4O3/c1-15-23-26(21(27)24(15)2)9-5-8-25-17-11-19(12-20(25)22-13-17)29-14-16-6-4-7-18(10-16)28-3/h4,6-7,10,17,19-20H,5,8-9,11-14H2,1-3H3/q-1. The summed E-state index contributed by atoms with van der Waals surface area (Å²) in [4.78, 5) is 14.8. The van der Waals surface area contributed by atoms with Gasteiger partial charge in [-0.25, -0.2) is 0 Å². The molecule has 0 spiro atoms. The molecule has 3 heterocycles. The second-order valence-corrected chi connectivity index (χ2v) is 11.1. The van der Waals surface area contributed by atoms with E-state index in [1.54, 1.807) is 23.4 Å². The van der Waals surface area contributed by atoms with Crippen molar-refractivity contribution in [2.24, 2.45) is 7.05 Å². The molecule has 3 atom stereocenters. The molecule has 160 valence electrons. The van der Waals surface area contributed by atoms with Gasteiger partial charge in [0.2, 0.25) is 0 Å². The monoisotopic (exact) mass is 513 g/mol. The Labute approximate surface area is 182 Å². The van der Waals surface area contributed by atoms with Crippen molar-refractivity contribution in [3.8, 4) is 5.75 Å². The Morgan fingerprint density at radius 1 is 1.28 bits per heavy atom. The molecule has 2 aromatic rings. The van der Waals surface area contributed by atoms with Crippen molar-refractivity contribution in [1.29, 1.82) is 0 Å². The van der Waals surface area contributed by atoms with Gasteiger partial charge in [-0.3, -0.25) is 0 Å². The minimum absolute atomic E-state index is 0.0115. The summed E-state index contributed by atoms with van der Waals surface area (Å²) in [5, 5.41) is 4.35. The predicted octanol–water partition coefficient (Wildman–Crippen LogP) is -1.23. The van der Waals surface area contributed by atoms with Crippen molar-refractivity contribution in [1.82, 2.24) is 19.2 Å². The first-order chi connectivity index (χ1) is 14.0. The summed E-state index contributed by atoms with van der Waals surface area (Å²) in [7, 11) is 3.48. The van der Waals surface area contributed by atoms with Crippen LogP contribution in [0, 0.1) is 6.92 Å². The van der Waals surface area contributed by atoms with Gasteiger partial charge in [0.05, 0.1) is 0 Å². The molecule has 2 bridgehead atoms. The molecule has 2 aliphatic heterocycles. The Morgan fingerprint density at radius 3 is 2.86 bits per heavy atom. The molecule has 0 radical (unpaired) electrons. The number of piperidine rings is 1. The van der Waals surface area contributed by atoms with Gasteiger partial charge in [-0.1, -0.05) is 0 Å². The average molecular weight is 513 g/mol. The maximum absolute atomic E-state index is 12.1. The molecule has 8 heteroatoms. The molecule has 0 saturated carbocycles. The van der Waals surface area contributed by atoms with Crippen molar-refractivity contribution in [2.75, 3.05) is 18.1 Å². The summed E-state index contributed by atoms with van der Waals surface area (Å²) in [5.41, 5.74) is 1.16. The Hall–Kier alpha value is -1.39. The third-order valence-electron chi connectivity index (χ3n) is 5.93. The van der Waals surface area contributed by atoms with Crippen molar-refractivity contribution < 1.29 is 30.7 Å². The molecule has 2 saturated heterocycles. The fourth-order valence-corrected chi connectivity index (χ4v) is 8.41. The Balaban J connectivity index is 1.26. The van der Waals surface area contributed by atoms with Crippen LogP contribution < -0.4 is 31.6 Å². The molecule has 0 amide bonds. The van der Waals surface area contributed by atoms with Crippen LogP contribution in [0.1, 0.15) is 30.7 Å². The van der Waals surface area contributed by atoms with Crippen LogP contribution in [0.3, 0.4) is 0 Å². The number of ether oxygens (including phenoxy) is 2. The van der Waals surface area contributed by atoms with E-state index in [2.05, 4.69) is 22.1 Å². The fraction of sp³-hybridized carbons (Fsp3) is 0.619. The van der Waals surface area contributed by atoms with E-state index in [9.17, 15) is 4.79 Å². The molecule has 1 aromatic carbocycles. The van der Waals surface area contributed by atoms with Crippen LogP contribution in [-0.2, 0) is 24.9 Å². The Bertz CT molecular complexity index is 882. The number of nitrogens with zero attached hydrogens (tertiary/aromatic N) is 4. The van der Waals surface area contributed by atoms with Gasteiger partial charge in [-0.05, 0) is 0 Å². The van der Waals surface area contributed by atoms with Gasteiger partial charge < -0.3 is 0 Å². The van der Waals surface area contributed by atoms with E-state index in [-0.39, 0.29) is 26.9 Å². The number of halogens is 1. The predicted molar refractivity (Wildman–Crippen MR) is 107 cm³/mol. The van der Waals surface area contributed by atoms with Crippen LogP contribution in [0.2, 0.25) is 0 Å². The molecule has 0 aliphatic carbocycles. The quantitative estimate of drug-likeness (QED) is 0.252. The van der Waals surface area contributed by atoms with Gasteiger partial charge in [-0.15, -0.1) is 0 Å². The number of fused-ring (bicyclic) bond motifs is 2. The van der Waals surface area contributed by atoms with E-state index >= 15 is 0 Å². The zero-order valence-electron chi connectivity index (χ0n) is 17.4. The van der Waals surface area contributed by atoms with Crippen LogP contribution in [-0.4, -0.2) is 53.5 Å². The molecular weight excluding hydrogens is 483 g/mol. The number of hydrogen-bond acceptors (Lipinski definition) is 5. The van der Waals surface area contributed by atoms with Gasteiger partial charge in [0.25, 0.3) is 0 Å². The van der Waals surface area contributed by atoms with Crippen molar-refractivity contribution in [2.45, 2.75) is 55.5 Å². The van der Waals surface area contributed by atoms with E-state index in [0.717, 1.165) is 37.4 Å². The molecule has 7 nitrogen and oxygen atoms in total. The van der Waals surface area contributed by atoms with E-state index < -0.39 is 0 Å². The first-order valence-corrected chi connectivity index (χ1v) is 13.0. The van der Waals surface area contributed by atoms with Crippen LogP contribution >= 0.6 is 0 Å². The summed E-state index contributed by atoms with van der Waals surface area (Å²) in [5.74, 6) is 1.66. The van der Waals surface area contributed by atoms with Crippen molar-refractivity contribution in [3.05, 3.63) is 46.1 Å². The second-order valence-electron chi connectivity index (χ2n) is 7.86. The van der Waals surface area contributed by atoms with Gasteiger partial charge in [0.15, 0.2) is 0 Å². The summed E-state index contributed by atoms with van der Waals surface area (Å²) in [6.07, 6.45) is 3.61. The van der Waals surface area contributed by atoms with Gasteiger partial charge in [0, 0.05) is 0 Å². The molecule has 3 unspecified atom stereocenters. The summed E-state index contributed by atoms with van der Waals surface area (Å²) in [6, 6.07) is 8.79. The van der Waals surface area contributed by atoms with Gasteiger partial charge in [-0.2, -0.15) is 0 Å². The Morgan fingerprint density at radius 2 is 2.14 bits per heavy atom. The van der Waals surface area contributed by atoms with E-state index in [1.165, 1.54) is 9.99 Å². The second kappa shape index (κ2) is 9.18. The summed E-state index contributed by atoms with van der Waals surface area (Å²) >= 11 is 0.214. The van der Waals surface area contributed by atoms with Gasteiger partial charge >= 0.3 is 182 Å². The number of benzene rings is 1. The minimum atomic E-state index is -0.0115. The van der Waals surface area contributed by atoms with E-state index in [4.69, 9.17) is 9.47 Å². The number of hydrogen-bond donors (Lipinski definition) is 0. The normalized spacial score (nSPS) is 24.4. The molecule has 1 aromatic heterocycles. The summed E-state index contributed by atoms with van der Waals surface area (Å²) in [6.45, 7) is 4.28. The van der Waals surface area contributed by atoms with Crippen LogP contribution in [0.5, 0.6) is 5.75 Å². The number of alkyl halides is 2. The van der Waals surface area contributed by atoms with Gasteiger partial charge in [0.1, 0.15) is 0 Å². The molecule has 0 N–H and O–H groups in total. The van der Waals surface area contributed by atoms with E-state index in [0.29, 0.717) is 29.3 Å². The molecule has 2 aliphatic rings. The Kier molecular flexibility index (Phi) is 6.60. The SMILES string of the molecule is COc1cccc(COC2CC3C[I-]C(C2)N3CCCn2nc(C)n(C)c2=O)c1. The first-order valence-electron chi connectivity index (χ1n) is 10.2. The topological polar surface area (TPSA) is 61.5 Å². The summed E-state index contributed by atoms with van der Waals surface area (Å²) < 4.78 is 16.9.